The Morgan fingerprint density at radius 1 is 1.32 bits per heavy atom. The van der Waals surface area contributed by atoms with Crippen LogP contribution in [0.4, 0.5) is 4.79 Å². The monoisotopic (exact) mass is 367 g/mol. The van der Waals surface area contributed by atoms with Gasteiger partial charge in [-0.15, -0.1) is 0 Å². The minimum absolute atomic E-state index is 0.132. The molecule has 25 heavy (non-hydrogen) atoms. The normalized spacial score (nSPS) is 14.0. The Morgan fingerprint density at radius 2 is 2.04 bits per heavy atom. The molecule has 7 nitrogen and oxygen atoms in total. The SMILES string of the molecule is CCOC(=O)N1CCC(=NNC(=O)COc2ccc(Cl)c(C)c2)CC1. The van der Waals surface area contributed by atoms with E-state index in [-0.39, 0.29) is 18.6 Å². The summed E-state index contributed by atoms with van der Waals surface area (Å²) in [6.45, 7) is 4.94. The number of carbonyl (C=O) groups is 2. The summed E-state index contributed by atoms with van der Waals surface area (Å²) in [4.78, 5) is 25.1. The molecular weight excluding hydrogens is 346 g/mol. The number of hydrogen-bond acceptors (Lipinski definition) is 5. The van der Waals surface area contributed by atoms with Crippen LogP contribution in [0.1, 0.15) is 25.3 Å². The van der Waals surface area contributed by atoms with E-state index in [9.17, 15) is 9.59 Å². The van der Waals surface area contributed by atoms with Crippen LogP contribution in [-0.4, -0.2) is 48.9 Å². The topological polar surface area (TPSA) is 80.2 Å². The Balaban J connectivity index is 1.73. The fourth-order valence-electron chi connectivity index (χ4n) is 2.30. The van der Waals surface area contributed by atoms with Crippen LogP contribution in [0.2, 0.25) is 5.02 Å². The predicted octanol–water partition coefficient (Wildman–Crippen LogP) is 2.75. The molecule has 0 spiro atoms. The van der Waals surface area contributed by atoms with Crippen molar-refractivity contribution >= 4 is 29.3 Å². The van der Waals surface area contributed by atoms with Crippen molar-refractivity contribution in [3.8, 4) is 5.75 Å². The molecular formula is C17H22ClN3O4. The van der Waals surface area contributed by atoms with E-state index in [0.717, 1.165) is 11.3 Å². The van der Waals surface area contributed by atoms with Gasteiger partial charge in [0.15, 0.2) is 6.61 Å². The fraction of sp³-hybridized carbons (Fsp3) is 0.471. The minimum Gasteiger partial charge on any atom is -0.484 e. The minimum atomic E-state index is -0.340. The molecule has 1 aromatic rings. The number of piperidine rings is 1. The molecule has 0 atom stereocenters. The van der Waals surface area contributed by atoms with E-state index in [1.165, 1.54) is 0 Å². The number of aryl methyl sites for hydroxylation is 1. The Bertz CT molecular complexity index is 653. The standard InChI is InChI=1S/C17H22ClN3O4/c1-3-24-17(23)21-8-6-13(7-9-21)19-20-16(22)11-25-14-4-5-15(18)12(2)10-14/h4-5,10H,3,6-9,11H2,1-2H3,(H,20,22). The van der Waals surface area contributed by atoms with Crippen molar-refractivity contribution in [2.24, 2.45) is 5.10 Å². The van der Waals surface area contributed by atoms with Crippen molar-refractivity contribution in [3.63, 3.8) is 0 Å². The van der Waals surface area contributed by atoms with E-state index in [2.05, 4.69) is 10.5 Å². The average Bonchev–Trinajstić information content (AvgIpc) is 2.61. The first-order chi connectivity index (χ1) is 12.0. The molecule has 0 saturated carbocycles. The number of hydrogen-bond donors (Lipinski definition) is 1. The van der Waals surface area contributed by atoms with Crippen LogP contribution in [0.15, 0.2) is 23.3 Å². The van der Waals surface area contributed by atoms with Gasteiger partial charge in [0.1, 0.15) is 5.75 Å². The Labute approximate surface area is 151 Å². The third-order valence-electron chi connectivity index (χ3n) is 3.70. The number of nitrogens with one attached hydrogen (secondary N) is 1. The number of halogens is 1. The Morgan fingerprint density at radius 3 is 2.68 bits per heavy atom. The van der Waals surface area contributed by atoms with Crippen molar-refractivity contribution in [2.75, 3.05) is 26.3 Å². The first kappa shape index (κ1) is 19.1. The molecule has 1 fully saturated rings. The van der Waals surface area contributed by atoms with Gasteiger partial charge in [0, 0.05) is 36.7 Å². The molecule has 136 valence electrons. The van der Waals surface area contributed by atoms with Crippen molar-refractivity contribution in [2.45, 2.75) is 26.7 Å². The lowest BCUT2D eigenvalue weighted by atomic mass is 10.1. The van der Waals surface area contributed by atoms with E-state index >= 15 is 0 Å². The summed E-state index contributed by atoms with van der Waals surface area (Å²) in [6.07, 6.45) is 0.907. The summed E-state index contributed by atoms with van der Waals surface area (Å²) in [5, 5.41) is 4.75. The lowest BCUT2D eigenvalue weighted by Gasteiger charge is -2.26. The van der Waals surface area contributed by atoms with Gasteiger partial charge in [-0.05, 0) is 37.6 Å². The van der Waals surface area contributed by atoms with E-state index in [0.29, 0.717) is 43.3 Å². The number of benzene rings is 1. The Hall–Kier alpha value is -2.28. The number of nitrogens with zero attached hydrogens (tertiary/aromatic N) is 2. The third kappa shape index (κ3) is 5.94. The van der Waals surface area contributed by atoms with Gasteiger partial charge in [0.05, 0.1) is 6.61 Å². The molecule has 1 aliphatic rings. The molecule has 0 bridgehead atoms. The molecule has 2 rings (SSSR count). The summed E-state index contributed by atoms with van der Waals surface area (Å²) in [6, 6.07) is 5.20. The molecule has 0 aliphatic carbocycles. The van der Waals surface area contributed by atoms with Crippen LogP contribution in [0.5, 0.6) is 5.75 Å². The van der Waals surface area contributed by atoms with Gasteiger partial charge in [-0.3, -0.25) is 4.79 Å². The quantitative estimate of drug-likeness (QED) is 0.811. The summed E-state index contributed by atoms with van der Waals surface area (Å²) < 4.78 is 10.4. The van der Waals surface area contributed by atoms with Gasteiger partial charge in [-0.1, -0.05) is 11.6 Å². The molecule has 1 heterocycles. The number of rotatable bonds is 5. The maximum atomic E-state index is 11.8. The van der Waals surface area contributed by atoms with Gasteiger partial charge in [0.2, 0.25) is 0 Å². The maximum Gasteiger partial charge on any atom is 0.409 e. The second kappa shape index (κ2) is 9.27. The lowest BCUT2D eigenvalue weighted by Crippen LogP contribution is -2.39. The Kier molecular flexibility index (Phi) is 7.06. The van der Waals surface area contributed by atoms with E-state index in [1.54, 1.807) is 30.0 Å². The summed E-state index contributed by atoms with van der Waals surface area (Å²) in [5.41, 5.74) is 4.21. The molecule has 0 radical (unpaired) electrons. The lowest BCUT2D eigenvalue weighted by molar-refractivity contribution is -0.123. The van der Waals surface area contributed by atoms with Crippen molar-refractivity contribution in [1.82, 2.24) is 10.3 Å². The maximum absolute atomic E-state index is 11.8. The molecule has 8 heteroatoms. The van der Waals surface area contributed by atoms with Gasteiger partial charge in [-0.2, -0.15) is 5.10 Å². The first-order valence-corrected chi connectivity index (χ1v) is 8.52. The van der Waals surface area contributed by atoms with Crippen LogP contribution in [0.3, 0.4) is 0 Å². The molecule has 1 aliphatic heterocycles. The van der Waals surface area contributed by atoms with E-state index in [1.807, 2.05) is 6.92 Å². The van der Waals surface area contributed by atoms with Crippen molar-refractivity contribution < 1.29 is 19.1 Å². The predicted molar refractivity (Wildman–Crippen MR) is 95.1 cm³/mol. The van der Waals surface area contributed by atoms with E-state index in [4.69, 9.17) is 21.1 Å². The summed E-state index contributed by atoms with van der Waals surface area (Å²) >= 11 is 5.94. The highest BCUT2D eigenvalue weighted by Crippen LogP contribution is 2.20. The van der Waals surface area contributed by atoms with Gasteiger partial charge < -0.3 is 14.4 Å². The second-order valence-electron chi connectivity index (χ2n) is 5.60. The zero-order valence-corrected chi connectivity index (χ0v) is 15.1. The molecule has 1 aromatic carbocycles. The smallest absolute Gasteiger partial charge is 0.409 e. The molecule has 2 amide bonds. The molecule has 1 saturated heterocycles. The van der Waals surface area contributed by atoms with Crippen LogP contribution >= 0.6 is 11.6 Å². The van der Waals surface area contributed by atoms with Gasteiger partial charge in [-0.25, -0.2) is 10.2 Å². The fourth-order valence-corrected chi connectivity index (χ4v) is 2.42. The van der Waals surface area contributed by atoms with Crippen LogP contribution in [0.25, 0.3) is 0 Å². The van der Waals surface area contributed by atoms with Crippen LogP contribution < -0.4 is 10.2 Å². The molecule has 0 aromatic heterocycles. The molecule has 0 unspecified atom stereocenters. The first-order valence-electron chi connectivity index (χ1n) is 8.14. The highest BCUT2D eigenvalue weighted by atomic mass is 35.5. The third-order valence-corrected chi connectivity index (χ3v) is 4.13. The number of ether oxygens (including phenoxy) is 2. The highest BCUT2D eigenvalue weighted by Gasteiger charge is 2.20. The zero-order chi connectivity index (χ0) is 18.2. The number of amides is 2. The number of hydrazone groups is 1. The van der Waals surface area contributed by atoms with Crippen molar-refractivity contribution in [1.29, 1.82) is 0 Å². The van der Waals surface area contributed by atoms with Crippen LogP contribution in [0, 0.1) is 6.92 Å². The number of likely N-dealkylation sites (tertiary alicyclic amines) is 1. The van der Waals surface area contributed by atoms with E-state index < -0.39 is 0 Å². The largest absolute Gasteiger partial charge is 0.484 e. The van der Waals surface area contributed by atoms with Crippen molar-refractivity contribution in [3.05, 3.63) is 28.8 Å². The summed E-state index contributed by atoms with van der Waals surface area (Å²) in [7, 11) is 0. The summed E-state index contributed by atoms with van der Waals surface area (Å²) in [5.74, 6) is 0.236. The molecule has 1 N–H and O–H groups in total. The van der Waals surface area contributed by atoms with Gasteiger partial charge >= 0.3 is 6.09 Å². The highest BCUT2D eigenvalue weighted by molar-refractivity contribution is 6.31. The van der Waals surface area contributed by atoms with Crippen LogP contribution in [-0.2, 0) is 9.53 Å². The second-order valence-corrected chi connectivity index (χ2v) is 6.01. The average molecular weight is 368 g/mol. The number of carbonyl (C=O) groups excluding carboxylic acids is 2. The van der Waals surface area contributed by atoms with Gasteiger partial charge in [0.25, 0.3) is 5.91 Å². The zero-order valence-electron chi connectivity index (χ0n) is 14.4.